The number of nitrogens with zero attached hydrogens (tertiary/aromatic N) is 1. The van der Waals surface area contributed by atoms with E-state index in [1.54, 1.807) is 0 Å². The molecular weight excluding hydrogens is 317 g/mol. The van der Waals surface area contributed by atoms with Crippen molar-refractivity contribution in [3.63, 3.8) is 0 Å². The molecule has 2 aromatic rings. The number of rotatable bonds is 3. The Morgan fingerprint density at radius 2 is 1.83 bits per heavy atom. The Morgan fingerprint density at radius 1 is 1.17 bits per heavy atom. The smallest absolute Gasteiger partial charge is 0.313 e. The van der Waals surface area contributed by atoms with Gasteiger partial charge >= 0.3 is 11.8 Å². The largest absolute Gasteiger partial charge is 0.342 e. The van der Waals surface area contributed by atoms with Crippen LogP contribution < -0.4 is 10.6 Å². The lowest BCUT2D eigenvalue weighted by atomic mass is 9.98. The summed E-state index contributed by atoms with van der Waals surface area (Å²) in [5, 5.41) is 7.74. The maximum Gasteiger partial charge on any atom is 0.313 e. The Morgan fingerprint density at radius 3 is 2.39 bits per heavy atom. The lowest BCUT2D eigenvalue weighted by Crippen LogP contribution is -2.35. The molecule has 0 fully saturated rings. The van der Waals surface area contributed by atoms with Crippen LogP contribution in [-0.2, 0) is 21.5 Å². The van der Waals surface area contributed by atoms with Gasteiger partial charge in [0.25, 0.3) is 0 Å². The van der Waals surface area contributed by atoms with Crippen LogP contribution in [0.3, 0.4) is 0 Å². The first kappa shape index (κ1) is 17.1. The van der Waals surface area contributed by atoms with Crippen LogP contribution in [0.5, 0.6) is 0 Å². The molecule has 1 aromatic heterocycles. The molecule has 122 valence electrons. The van der Waals surface area contributed by atoms with E-state index >= 15 is 0 Å². The molecule has 0 saturated carbocycles. The van der Waals surface area contributed by atoms with Gasteiger partial charge in [0.1, 0.15) is 5.82 Å². The van der Waals surface area contributed by atoms with Crippen LogP contribution in [0, 0.1) is 5.82 Å². The predicted molar refractivity (Wildman–Crippen MR) is 87.7 cm³/mol. The summed E-state index contributed by atoms with van der Waals surface area (Å²) in [7, 11) is 0. The van der Waals surface area contributed by atoms with E-state index < -0.39 is 17.6 Å². The lowest BCUT2D eigenvalue weighted by molar-refractivity contribution is -0.136. The van der Waals surface area contributed by atoms with Crippen molar-refractivity contribution >= 4 is 28.8 Å². The van der Waals surface area contributed by atoms with Crippen LogP contribution in [0.2, 0.25) is 0 Å². The third-order valence-electron chi connectivity index (χ3n) is 2.93. The van der Waals surface area contributed by atoms with E-state index in [2.05, 4.69) is 36.4 Å². The van der Waals surface area contributed by atoms with Gasteiger partial charge in [-0.25, -0.2) is 9.37 Å². The summed E-state index contributed by atoms with van der Waals surface area (Å²) in [5.41, 5.74) is 1.02. The molecule has 1 aromatic carbocycles. The van der Waals surface area contributed by atoms with Gasteiger partial charge in [0.05, 0.1) is 17.2 Å². The molecule has 23 heavy (non-hydrogen) atoms. The quantitative estimate of drug-likeness (QED) is 0.847. The van der Waals surface area contributed by atoms with Gasteiger partial charge in [-0.1, -0.05) is 20.8 Å². The number of halogens is 1. The summed E-state index contributed by atoms with van der Waals surface area (Å²) >= 11 is 1.52. The van der Waals surface area contributed by atoms with Gasteiger partial charge in [0.2, 0.25) is 0 Å². The Labute approximate surface area is 137 Å². The van der Waals surface area contributed by atoms with Gasteiger partial charge in [0.15, 0.2) is 0 Å². The molecule has 0 aliphatic heterocycles. The Balaban J connectivity index is 1.88. The lowest BCUT2D eigenvalue weighted by Gasteiger charge is -2.13. The summed E-state index contributed by atoms with van der Waals surface area (Å²) in [6.07, 6.45) is 0. The van der Waals surface area contributed by atoms with Crippen LogP contribution in [-0.4, -0.2) is 16.8 Å². The molecule has 0 bridgehead atoms. The molecule has 0 atom stereocenters. The normalized spacial score (nSPS) is 11.1. The van der Waals surface area contributed by atoms with Gasteiger partial charge in [-0.2, -0.15) is 0 Å². The van der Waals surface area contributed by atoms with E-state index in [0.717, 1.165) is 5.01 Å². The number of carbonyl (C=O) groups excluding carboxylic acids is 2. The van der Waals surface area contributed by atoms with Gasteiger partial charge in [-0.15, -0.1) is 11.3 Å². The number of anilines is 1. The molecule has 0 saturated heterocycles. The standard InChI is InChI=1S/C16H18FN3O2S/c1-16(2,3)15-20-12(9-23-15)8-18-13(21)14(22)19-11-6-4-10(17)5-7-11/h4-7,9H,8H2,1-3H3,(H,18,21)(H,19,22). The fourth-order valence-electron chi connectivity index (χ4n) is 1.70. The Kier molecular flexibility index (Phi) is 5.10. The highest BCUT2D eigenvalue weighted by atomic mass is 32.1. The molecule has 0 aliphatic carbocycles. The third-order valence-corrected chi connectivity index (χ3v) is 4.25. The topological polar surface area (TPSA) is 71.1 Å². The number of amides is 2. The molecule has 0 unspecified atom stereocenters. The van der Waals surface area contributed by atoms with Crippen molar-refractivity contribution < 1.29 is 14.0 Å². The first-order valence-corrected chi connectivity index (χ1v) is 7.93. The number of aromatic nitrogens is 1. The fraction of sp³-hybridized carbons (Fsp3) is 0.312. The highest BCUT2D eigenvalue weighted by Crippen LogP contribution is 2.25. The Bertz CT molecular complexity index is 705. The average molecular weight is 335 g/mol. The van der Waals surface area contributed by atoms with Crippen molar-refractivity contribution in [1.82, 2.24) is 10.3 Å². The van der Waals surface area contributed by atoms with E-state index in [4.69, 9.17) is 0 Å². The van der Waals surface area contributed by atoms with Crippen molar-refractivity contribution in [3.05, 3.63) is 46.2 Å². The molecular formula is C16H18FN3O2S. The molecule has 0 spiro atoms. The molecule has 1 heterocycles. The number of benzene rings is 1. The van der Waals surface area contributed by atoms with Gasteiger partial charge < -0.3 is 10.6 Å². The van der Waals surface area contributed by atoms with E-state index in [1.807, 2.05) is 5.38 Å². The van der Waals surface area contributed by atoms with Crippen molar-refractivity contribution in [2.45, 2.75) is 32.7 Å². The SMILES string of the molecule is CC(C)(C)c1nc(CNC(=O)C(=O)Nc2ccc(F)cc2)cs1. The van der Waals surface area contributed by atoms with E-state index in [-0.39, 0.29) is 12.0 Å². The second-order valence-electron chi connectivity index (χ2n) is 6.04. The number of thiazole rings is 1. The van der Waals surface area contributed by atoms with Crippen molar-refractivity contribution in [2.75, 3.05) is 5.32 Å². The maximum absolute atomic E-state index is 12.8. The minimum atomic E-state index is -0.803. The highest BCUT2D eigenvalue weighted by molar-refractivity contribution is 7.09. The van der Waals surface area contributed by atoms with Crippen LogP contribution in [0.1, 0.15) is 31.5 Å². The zero-order valence-electron chi connectivity index (χ0n) is 13.1. The second-order valence-corrected chi connectivity index (χ2v) is 6.90. The molecule has 2 amide bonds. The molecule has 5 nitrogen and oxygen atoms in total. The number of hydrogen-bond donors (Lipinski definition) is 2. The minimum Gasteiger partial charge on any atom is -0.342 e. The highest BCUT2D eigenvalue weighted by Gasteiger charge is 2.19. The molecule has 0 radical (unpaired) electrons. The van der Waals surface area contributed by atoms with Crippen LogP contribution in [0.4, 0.5) is 10.1 Å². The third kappa shape index (κ3) is 4.85. The maximum atomic E-state index is 12.8. The zero-order chi connectivity index (χ0) is 17.0. The molecule has 7 heteroatoms. The summed E-state index contributed by atoms with van der Waals surface area (Å²) in [4.78, 5) is 28.0. The summed E-state index contributed by atoms with van der Waals surface area (Å²) in [6.45, 7) is 6.36. The van der Waals surface area contributed by atoms with E-state index in [1.165, 1.54) is 35.6 Å². The number of hydrogen-bond acceptors (Lipinski definition) is 4. The van der Waals surface area contributed by atoms with Gasteiger partial charge in [-0.05, 0) is 24.3 Å². The first-order chi connectivity index (χ1) is 10.8. The van der Waals surface area contributed by atoms with E-state index in [9.17, 15) is 14.0 Å². The van der Waals surface area contributed by atoms with Gasteiger partial charge in [0, 0.05) is 16.5 Å². The van der Waals surface area contributed by atoms with Crippen molar-refractivity contribution in [3.8, 4) is 0 Å². The summed E-state index contributed by atoms with van der Waals surface area (Å²) in [5.74, 6) is -1.98. The van der Waals surface area contributed by atoms with Crippen LogP contribution in [0.15, 0.2) is 29.6 Å². The van der Waals surface area contributed by atoms with Gasteiger partial charge in [-0.3, -0.25) is 9.59 Å². The fourth-order valence-corrected chi connectivity index (χ4v) is 2.61. The second kappa shape index (κ2) is 6.87. The van der Waals surface area contributed by atoms with Crippen molar-refractivity contribution in [2.24, 2.45) is 0 Å². The monoisotopic (exact) mass is 335 g/mol. The first-order valence-electron chi connectivity index (χ1n) is 7.05. The number of nitrogens with one attached hydrogen (secondary N) is 2. The minimum absolute atomic E-state index is 0.0487. The van der Waals surface area contributed by atoms with Crippen molar-refractivity contribution in [1.29, 1.82) is 0 Å². The van der Waals surface area contributed by atoms with Crippen LogP contribution in [0.25, 0.3) is 0 Å². The summed E-state index contributed by atoms with van der Waals surface area (Å²) < 4.78 is 12.8. The van der Waals surface area contributed by atoms with E-state index in [0.29, 0.717) is 11.4 Å². The molecule has 0 aliphatic rings. The zero-order valence-corrected chi connectivity index (χ0v) is 14.0. The Hall–Kier alpha value is -2.28. The summed E-state index contributed by atoms with van der Waals surface area (Å²) in [6, 6.07) is 5.18. The average Bonchev–Trinajstić information content (AvgIpc) is 2.96. The molecule has 2 N–H and O–H groups in total. The predicted octanol–water partition coefficient (Wildman–Crippen LogP) is 2.83. The number of carbonyl (C=O) groups is 2. The van der Waals surface area contributed by atoms with Crippen LogP contribution >= 0.6 is 11.3 Å². The molecule has 2 rings (SSSR count).